The van der Waals surface area contributed by atoms with E-state index in [0.717, 1.165) is 0 Å². The molecule has 0 spiro atoms. The molecule has 0 aromatic heterocycles. The topological polar surface area (TPSA) is 118 Å². The first kappa shape index (κ1) is 25.3. The lowest BCUT2D eigenvalue weighted by molar-refractivity contribution is -0.136. The van der Waals surface area contributed by atoms with Crippen molar-refractivity contribution in [3.63, 3.8) is 0 Å². The van der Waals surface area contributed by atoms with Gasteiger partial charge in [-0.1, -0.05) is 35.9 Å². The third-order valence-electron chi connectivity index (χ3n) is 4.42. The number of nitrogens with one attached hydrogen (secondary N) is 3. The fraction of sp³-hybridized carbons (Fsp3) is 0.120. The van der Waals surface area contributed by atoms with Gasteiger partial charge in [0.25, 0.3) is 5.91 Å². The van der Waals surface area contributed by atoms with E-state index in [-0.39, 0.29) is 12.5 Å². The molecule has 0 atom stereocenters. The van der Waals surface area contributed by atoms with E-state index >= 15 is 0 Å². The molecule has 0 saturated carbocycles. The van der Waals surface area contributed by atoms with Crippen LogP contribution < -0.4 is 25.5 Å². The first-order chi connectivity index (χ1) is 17.0. The molecule has 0 unspecified atom stereocenters. The number of nitrogens with zero attached hydrogens (tertiary/aromatic N) is 1. The molecular weight excluding hydrogens is 472 g/mol. The number of carbonyl (C=O) groups excluding carboxylic acids is 3. The molecule has 3 rings (SSSR count). The number of carbonyl (C=O) groups is 3. The zero-order chi connectivity index (χ0) is 25.0. The molecule has 0 heterocycles. The normalized spacial score (nSPS) is 10.5. The van der Waals surface area contributed by atoms with Gasteiger partial charge in [0.15, 0.2) is 6.61 Å². The Morgan fingerprint density at radius 3 is 2.34 bits per heavy atom. The Morgan fingerprint density at radius 2 is 1.60 bits per heavy atom. The highest BCUT2D eigenvalue weighted by Crippen LogP contribution is 2.20. The van der Waals surface area contributed by atoms with Crippen LogP contribution in [0.25, 0.3) is 0 Å². The van der Waals surface area contributed by atoms with E-state index in [9.17, 15) is 14.4 Å². The van der Waals surface area contributed by atoms with Gasteiger partial charge in [-0.15, -0.1) is 0 Å². The van der Waals surface area contributed by atoms with Crippen LogP contribution in [0.1, 0.15) is 12.5 Å². The third kappa shape index (κ3) is 7.86. The second kappa shape index (κ2) is 12.8. The molecule has 35 heavy (non-hydrogen) atoms. The Bertz CT molecular complexity index is 1210. The van der Waals surface area contributed by atoms with Gasteiger partial charge in [-0.2, -0.15) is 5.10 Å². The first-order valence-corrected chi connectivity index (χ1v) is 11.0. The van der Waals surface area contributed by atoms with Crippen LogP contribution in [0.2, 0.25) is 5.02 Å². The van der Waals surface area contributed by atoms with Gasteiger partial charge in [0.1, 0.15) is 11.5 Å². The van der Waals surface area contributed by atoms with Crippen molar-refractivity contribution in [1.82, 2.24) is 5.43 Å². The SMILES string of the molecule is CCOc1ccc(NC(=O)COc2ccccc2/C=N\NC(=O)C(=O)Nc2ccccc2Cl)cc1. The average molecular weight is 495 g/mol. The average Bonchev–Trinajstić information content (AvgIpc) is 2.86. The molecule has 0 fully saturated rings. The number of anilines is 2. The molecule has 0 aliphatic heterocycles. The summed E-state index contributed by atoms with van der Waals surface area (Å²) in [5, 5.41) is 9.23. The fourth-order valence-electron chi connectivity index (χ4n) is 2.81. The van der Waals surface area contributed by atoms with Crippen molar-refractivity contribution in [2.24, 2.45) is 5.10 Å². The number of hydrogen-bond acceptors (Lipinski definition) is 6. The second-order valence-electron chi connectivity index (χ2n) is 6.97. The molecule has 3 aromatic rings. The van der Waals surface area contributed by atoms with Crippen molar-refractivity contribution < 1.29 is 23.9 Å². The van der Waals surface area contributed by atoms with Gasteiger partial charge >= 0.3 is 11.8 Å². The molecule has 0 aliphatic carbocycles. The lowest BCUT2D eigenvalue weighted by Crippen LogP contribution is -2.32. The van der Waals surface area contributed by atoms with Gasteiger partial charge in [0, 0.05) is 11.3 Å². The molecule has 10 heteroatoms. The number of ether oxygens (including phenoxy) is 2. The van der Waals surface area contributed by atoms with E-state index in [1.807, 2.05) is 6.92 Å². The highest BCUT2D eigenvalue weighted by atomic mass is 35.5. The summed E-state index contributed by atoms with van der Waals surface area (Å²) in [5.74, 6) is -1.18. The zero-order valence-electron chi connectivity index (χ0n) is 18.8. The molecule has 180 valence electrons. The highest BCUT2D eigenvalue weighted by Gasteiger charge is 2.14. The van der Waals surface area contributed by atoms with Crippen molar-refractivity contribution in [2.45, 2.75) is 6.92 Å². The van der Waals surface area contributed by atoms with E-state index < -0.39 is 11.8 Å². The van der Waals surface area contributed by atoms with Crippen LogP contribution in [0.4, 0.5) is 11.4 Å². The van der Waals surface area contributed by atoms with Crippen molar-refractivity contribution in [3.8, 4) is 11.5 Å². The molecule has 9 nitrogen and oxygen atoms in total. The van der Waals surface area contributed by atoms with E-state index in [4.69, 9.17) is 21.1 Å². The van der Waals surface area contributed by atoms with Crippen LogP contribution in [0, 0.1) is 0 Å². The fourth-order valence-corrected chi connectivity index (χ4v) is 3.00. The van der Waals surface area contributed by atoms with Crippen LogP contribution in [0.15, 0.2) is 77.9 Å². The minimum atomic E-state index is -0.977. The Kier molecular flexibility index (Phi) is 9.21. The minimum Gasteiger partial charge on any atom is -0.494 e. The summed E-state index contributed by atoms with van der Waals surface area (Å²) >= 11 is 5.97. The Hall–Kier alpha value is -4.37. The van der Waals surface area contributed by atoms with Crippen molar-refractivity contribution in [3.05, 3.63) is 83.4 Å². The van der Waals surface area contributed by atoms with Gasteiger partial charge in [-0.25, -0.2) is 5.43 Å². The third-order valence-corrected chi connectivity index (χ3v) is 4.75. The minimum absolute atomic E-state index is 0.245. The molecule has 0 radical (unpaired) electrons. The summed E-state index contributed by atoms with van der Waals surface area (Å²) in [7, 11) is 0. The van der Waals surface area contributed by atoms with E-state index in [1.54, 1.807) is 72.8 Å². The zero-order valence-corrected chi connectivity index (χ0v) is 19.5. The van der Waals surface area contributed by atoms with Gasteiger partial charge < -0.3 is 20.1 Å². The standard InChI is InChI=1S/C25H23ClN4O5/c1-2-34-19-13-11-18(12-14-19)28-23(31)16-35-22-10-6-3-7-17(22)15-27-30-25(33)24(32)29-21-9-5-4-8-20(21)26/h3-15H,2,16H2,1H3,(H,28,31)(H,29,32)(H,30,33)/b27-15-. The van der Waals surface area contributed by atoms with Gasteiger partial charge in [-0.3, -0.25) is 14.4 Å². The van der Waals surface area contributed by atoms with E-state index in [1.165, 1.54) is 6.21 Å². The predicted octanol–water partition coefficient (Wildman–Crippen LogP) is 3.85. The quantitative estimate of drug-likeness (QED) is 0.237. The Morgan fingerprint density at radius 1 is 0.886 bits per heavy atom. The Labute approximate surface area is 207 Å². The molecule has 3 amide bonds. The summed E-state index contributed by atoms with van der Waals surface area (Å²) in [6.45, 7) is 2.20. The number of amides is 3. The second-order valence-corrected chi connectivity index (χ2v) is 7.37. The molecular formula is C25H23ClN4O5. The highest BCUT2D eigenvalue weighted by molar-refractivity contribution is 6.41. The van der Waals surface area contributed by atoms with Crippen LogP contribution in [-0.4, -0.2) is 37.1 Å². The van der Waals surface area contributed by atoms with Crippen LogP contribution in [-0.2, 0) is 14.4 Å². The number of hydrogen-bond donors (Lipinski definition) is 3. The number of para-hydroxylation sites is 2. The smallest absolute Gasteiger partial charge is 0.329 e. The summed E-state index contributed by atoms with van der Waals surface area (Å²) in [6.07, 6.45) is 1.31. The predicted molar refractivity (Wildman–Crippen MR) is 134 cm³/mol. The maximum absolute atomic E-state index is 12.2. The molecule has 0 bridgehead atoms. The van der Waals surface area contributed by atoms with Crippen LogP contribution in [0.5, 0.6) is 11.5 Å². The summed E-state index contributed by atoms with van der Waals surface area (Å²) in [4.78, 5) is 36.3. The monoisotopic (exact) mass is 494 g/mol. The first-order valence-electron chi connectivity index (χ1n) is 10.6. The van der Waals surface area contributed by atoms with Gasteiger partial charge in [0.2, 0.25) is 0 Å². The molecule has 3 aromatic carbocycles. The lowest BCUT2D eigenvalue weighted by atomic mass is 10.2. The maximum atomic E-state index is 12.2. The summed E-state index contributed by atoms with van der Waals surface area (Å²) < 4.78 is 11.0. The van der Waals surface area contributed by atoms with E-state index in [2.05, 4.69) is 21.2 Å². The molecule has 0 saturated heterocycles. The summed E-state index contributed by atoms with van der Waals surface area (Å²) in [6, 6.07) is 20.3. The Balaban J connectivity index is 1.51. The number of rotatable bonds is 9. The van der Waals surface area contributed by atoms with Crippen LogP contribution in [0.3, 0.4) is 0 Å². The van der Waals surface area contributed by atoms with Gasteiger partial charge in [-0.05, 0) is 55.5 Å². The molecule has 3 N–H and O–H groups in total. The van der Waals surface area contributed by atoms with Crippen LogP contribution >= 0.6 is 11.6 Å². The van der Waals surface area contributed by atoms with Crippen molar-refractivity contribution >= 4 is 46.9 Å². The maximum Gasteiger partial charge on any atom is 0.329 e. The number of benzene rings is 3. The molecule has 0 aliphatic rings. The van der Waals surface area contributed by atoms with E-state index in [0.29, 0.717) is 40.1 Å². The number of hydrazone groups is 1. The largest absolute Gasteiger partial charge is 0.494 e. The van der Waals surface area contributed by atoms with Gasteiger partial charge in [0.05, 0.1) is 23.5 Å². The number of halogens is 1. The lowest BCUT2D eigenvalue weighted by Gasteiger charge is -2.10. The van der Waals surface area contributed by atoms with Crippen molar-refractivity contribution in [2.75, 3.05) is 23.8 Å². The van der Waals surface area contributed by atoms with Crippen molar-refractivity contribution in [1.29, 1.82) is 0 Å². The summed E-state index contributed by atoms with van der Waals surface area (Å²) in [5.41, 5.74) is 3.55.